The van der Waals surface area contributed by atoms with Crippen molar-refractivity contribution in [3.05, 3.63) is 35.9 Å². The fraction of sp³-hybridized carbons (Fsp3) is 0.720. The molecule has 0 spiro atoms. The van der Waals surface area contributed by atoms with E-state index in [2.05, 4.69) is 19.1 Å². The van der Waals surface area contributed by atoms with Crippen LogP contribution in [0.25, 0.3) is 0 Å². The standard InChI is InChI=1S/C25H42O4/c1-2-3-4-5-10-16-23(26)17-13-19-24(18-11-7-12-20-25(27)28)29-21-22-14-8-6-9-15-22/h6,8-9,14-15,23-24,26H,2-5,7,10-13,16-21H2,1H3,(H,27,28). The topological polar surface area (TPSA) is 66.8 Å². The highest BCUT2D eigenvalue weighted by molar-refractivity contribution is 5.66. The normalized spacial score (nSPS) is 13.3. The fourth-order valence-electron chi connectivity index (χ4n) is 3.63. The lowest BCUT2D eigenvalue weighted by molar-refractivity contribution is -0.137. The number of aliphatic hydroxyl groups excluding tert-OH is 1. The Balaban J connectivity index is 2.27. The lowest BCUT2D eigenvalue weighted by atomic mass is 10.0. The number of aliphatic hydroxyl groups is 1. The molecule has 0 fully saturated rings. The van der Waals surface area contributed by atoms with E-state index in [1.165, 1.54) is 31.2 Å². The van der Waals surface area contributed by atoms with Crippen molar-refractivity contribution in [3.63, 3.8) is 0 Å². The van der Waals surface area contributed by atoms with Gasteiger partial charge in [0.05, 0.1) is 18.8 Å². The molecule has 29 heavy (non-hydrogen) atoms. The molecule has 2 unspecified atom stereocenters. The minimum Gasteiger partial charge on any atom is -0.481 e. The summed E-state index contributed by atoms with van der Waals surface area (Å²) in [5, 5.41) is 19.0. The van der Waals surface area contributed by atoms with Crippen molar-refractivity contribution < 1.29 is 19.7 Å². The van der Waals surface area contributed by atoms with Crippen LogP contribution < -0.4 is 0 Å². The van der Waals surface area contributed by atoms with Gasteiger partial charge < -0.3 is 14.9 Å². The number of aliphatic carboxylic acids is 1. The molecule has 0 aliphatic heterocycles. The van der Waals surface area contributed by atoms with Crippen LogP contribution in [0, 0.1) is 0 Å². The monoisotopic (exact) mass is 406 g/mol. The van der Waals surface area contributed by atoms with Crippen LogP contribution in [0.15, 0.2) is 30.3 Å². The second-order valence-electron chi connectivity index (χ2n) is 8.20. The van der Waals surface area contributed by atoms with Gasteiger partial charge in [-0.2, -0.15) is 0 Å². The molecule has 2 N–H and O–H groups in total. The summed E-state index contributed by atoms with van der Waals surface area (Å²) in [6.07, 6.45) is 13.7. The number of carboxylic acid groups (broad SMARTS) is 1. The third-order valence-corrected chi connectivity index (χ3v) is 5.45. The minimum absolute atomic E-state index is 0.178. The van der Waals surface area contributed by atoms with Gasteiger partial charge in [-0.1, -0.05) is 82.2 Å². The maximum atomic E-state index is 10.6. The van der Waals surface area contributed by atoms with Crippen molar-refractivity contribution in [2.75, 3.05) is 0 Å². The zero-order chi connectivity index (χ0) is 21.2. The van der Waals surface area contributed by atoms with Gasteiger partial charge in [-0.3, -0.25) is 4.79 Å². The van der Waals surface area contributed by atoms with Gasteiger partial charge in [-0.25, -0.2) is 0 Å². The maximum Gasteiger partial charge on any atom is 0.303 e. The summed E-state index contributed by atoms with van der Waals surface area (Å²) in [4.78, 5) is 10.6. The molecule has 1 aromatic carbocycles. The molecule has 0 aromatic heterocycles. The number of benzene rings is 1. The van der Waals surface area contributed by atoms with Crippen LogP contribution in [-0.2, 0) is 16.1 Å². The third-order valence-electron chi connectivity index (χ3n) is 5.45. The number of hydrogen-bond donors (Lipinski definition) is 2. The molecule has 0 amide bonds. The predicted molar refractivity (Wildman–Crippen MR) is 119 cm³/mol. The molecule has 0 saturated heterocycles. The average Bonchev–Trinajstić information content (AvgIpc) is 2.71. The smallest absolute Gasteiger partial charge is 0.303 e. The lowest BCUT2D eigenvalue weighted by Gasteiger charge is -2.19. The molecule has 0 saturated carbocycles. The Morgan fingerprint density at radius 2 is 1.48 bits per heavy atom. The van der Waals surface area contributed by atoms with E-state index in [1.807, 2.05) is 18.2 Å². The first-order chi connectivity index (χ1) is 14.1. The first kappa shape index (κ1) is 25.6. The summed E-state index contributed by atoms with van der Waals surface area (Å²) >= 11 is 0. The third kappa shape index (κ3) is 15.2. The Hall–Kier alpha value is -1.39. The van der Waals surface area contributed by atoms with E-state index in [4.69, 9.17) is 9.84 Å². The second kappa shape index (κ2) is 17.5. The number of carboxylic acids is 1. The summed E-state index contributed by atoms with van der Waals surface area (Å²) < 4.78 is 6.17. The summed E-state index contributed by atoms with van der Waals surface area (Å²) in [5.41, 5.74) is 1.18. The van der Waals surface area contributed by atoms with Crippen molar-refractivity contribution in [1.82, 2.24) is 0 Å². The van der Waals surface area contributed by atoms with Crippen LogP contribution in [-0.4, -0.2) is 28.4 Å². The summed E-state index contributed by atoms with van der Waals surface area (Å²) in [7, 11) is 0. The van der Waals surface area contributed by atoms with Gasteiger partial charge in [0.25, 0.3) is 0 Å². The van der Waals surface area contributed by atoms with Gasteiger partial charge >= 0.3 is 5.97 Å². The molecule has 0 heterocycles. The zero-order valence-electron chi connectivity index (χ0n) is 18.4. The number of rotatable bonds is 19. The van der Waals surface area contributed by atoms with Crippen LogP contribution in [0.4, 0.5) is 0 Å². The summed E-state index contributed by atoms with van der Waals surface area (Å²) in [6, 6.07) is 10.2. The van der Waals surface area contributed by atoms with E-state index < -0.39 is 5.97 Å². The summed E-state index contributed by atoms with van der Waals surface area (Å²) in [6.45, 7) is 2.83. The Bertz CT molecular complexity index is 503. The maximum absolute atomic E-state index is 10.6. The Morgan fingerprint density at radius 1 is 0.862 bits per heavy atom. The van der Waals surface area contributed by atoms with Gasteiger partial charge in [0, 0.05) is 6.42 Å². The van der Waals surface area contributed by atoms with E-state index in [1.54, 1.807) is 0 Å². The average molecular weight is 407 g/mol. The molecular weight excluding hydrogens is 364 g/mol. The van der Waals surface area contributed by atoms with Gasteiger partial charge in [-0.05, 0) is 44.1 Å². The first-order valence-corrected chi connectivity index (χ1v) is 11.7. The summed E-state index contributed by atoms with van der Waals surface area (Å²) in [5.74, 6) is -0.717. The molecule has 0 radical (unpaired) electrons. The number of hydrogen-bond acceptors (Lipinski definition) is 3. The highest BCUT2D eigenvalue weighted by atomic mass is 16.5. The van der Waals surface area contributed by atoms with E-state index in [0.717, 1.165) is 57.8 Å². The Labute approximate surface area is 177 Å². The molecule has 1 rings (SSSR count). The molecule has 166 valence electrons. The molecule has 1 aromatic rings. The van der Waals surface area contributed by atoms with E-state index in [9.17, 15) is 9.90 Å². The predicted octanol–water partition coefficient (Wildman–Crippen LogP) is 6.50. The van der Waals surface area contributed by atoms with Crippen LogP contribution in [0.1, 0.15) is 102 Å². The van der Waals surface area contributed by atoms with E-state index in [0.29, 0.717) is 6.61 Å². The lowest BCUT2D eigenvalue weighted by Crippen LogP contribution is -2.15. The van der Waals surface area contributed by atoms with E-state index >= 15 is 0 Å². The van der Waals surface area contributed by atoms with Crippen LogP contribution in [0.5, 0.6) is 0 Å². The quantitative estimate of drug-likeness (QED) is 0.257. The number of unbranched alkanes of at least 4 members (excludes halogenated alkanes) is 6. The molecule has 4 nitrogen and oxygen atoms in total. The van der Waals surface area contributed by atoms with Crippen molar-refractivity contribution in [2.24, 2.45) is 0 Å². The molecule has 0 aliphatic carbocycles. The first-order valence-electron chi connectivity index (χ1n) is 11.7. The highest BCUT2D eigenvalue weighted by Gasteiger charge is 2.12. The van der Waals surface area contributed by atoms with Gasteiger partial charge in [-0.15, -0.1) is 0 Å². The Kier molecular flexibility index (Phi) is 15.4. The SMILES string of the molecule is CCCCCCCC(O)CCCC(CCCCCC(=O)O)OCc1ccccc1. The molecule has 0 aliphatic rings. The molecule has 4 heteroatoms. The largest absolute Gasteiger partial charge is 0.481 e. The zero-order valence-corrected chi connectivity index (χ0v) is 18.4. The van der Waals surface area contributed by atoms with E-state index in [-0.39, 0.29) is 18.6 Å². The van der Waals surface area contributed by atoms with Crippen molar-refractivity contribution in [2.45, 2.75) is 116 Å². The van der Waals surface area contributed by atoms with Crippen molar-refractivity contribution >= 4 is 5.97 Å². The minimum atomic E-state index is -0.717. The van der Waals surface area contributed by atoms with Gasteiger partial charge in [0.1, 0.15) is 0 Å². The van der Waals surface area contributed by atoms with Crippen LogP contribution in [0.2, 0.25) is 0 Å². The van der Waals surface area contributed by atoms with Gasteiger partial charge in [0.2, 0.25) is 0 Å². The van der Waals surface area contributed by atoms with Gasteiger partial charge in [0.15, 0.2) is 0 Å². The highest BCUT2D eigenvalue weighted by Crippen LogP contribution is 2.18. The second-order valence-corrected chi connectivity index (χ2v) is 8.20. The number of carbonyl (C=O) groups is 1. The number of ether oxygens (including phenoxy) is 1. The van der Waals surface area contributed by atoms with Crippen molar-refractivity contribution in [1.29, 1.82) is 0 Å². The van der Waals surface area contributed by atoms with Crippen LogP contribution in [0.3, 0.4) is 0 Å². The molecule has 2 atom stereocenters. The molecular formula is C25H42O4. The Morgan fingerprint density at radius 3 is 2.21 bits per heavy atom. The molecule has 0 bridgehead atoms. The van der Waals surface area contributed by atoms with Crippen molar-refractivity contribution in [3.8, 4) is 0 Å². The fourth-order valence-corrected chi connectivity index (χ4v) is 3.63. The van der Waals surface area contributed by atoms with Crippen LogP contribution >= 0.6 is 0 Å².